The van der Waals surface area contributed by atoms with Gasteiger partial charge in [0.15, 0.2) is 5.96 Å². The molecule has 0 unspecified atom stereocenters. The van der Waals surface area contributed by atoms with E-state index in [4.69, 9.17) is 0 Å². The minimum atomic E-state index is -3.58. The molecule has 0 amide bonds. The highest BCUT2D eigenvalue weighted by molar-refractivity contribution is 14.0. The maximum Gasteiger partial charge on any atom is 0.241 e. The second-order valence-corrected chi connectivity index (χ2v) is 9.50. The van der Waals surface area contributed by atoms with E-state index in [-0.39, 0.29) is 28.9 Å². The van der Waals surface area contributed by atoms with E-state index in [1.165, 1.54) is 0 Å². The molecule has 0 aromatic heterocycles. The minimum Gasteiger partial charge on any atom is -0.356 e. The molecule has 0 saturated heterocycles. The van der Waals surface area contributed by atoms with Crippen molar-refractivity contribution in [2.45, 2.75) is 64.4 Å². The number of rotatable bonds is 8. The number of aliphatic imine (C=N–C) groups is 1. The predicted octanol–water partition coefficient (Wildman–Crippen LogP) is 3.48. The second kappa shape index (κ2) is 11.9. The second-order valence-electron chi connectivity index (χ2n) is 7.85. The van der Waals surface area contributed by atoms with E-state index in [0.717, 1.165) is 19.4 Å². The fraction of sp³-hybridized carbons (Fsp3) is 0.632. The Morgan fingerprint density at radius 2 is 1.78 bits per heavy atom. The minimum absolute atomic E-state index is 0. The summed E-state index contributed by atoms with van der Waals surface area (Å²) in [6, 6.07) is 7.02. The molecular formula is C19H35IN4O2S. The molecule has 0 atom stereocenters. The van der Waals surface area contributed by atoms with Crippen molar-refractivity contribution in [2.75, 3.05) is 13.6 Å². The molecule has 0 fully saturated rings. The van der Waals surface area contributed by atoms with Gasteiger partial charge in [-0.05, 0) is 51.2 Å². The third-order valence-corrected chi connectivity index (χ3v) is 5.48. The topological polar surface area (TPSA) is 82.6 Å². The number of halogens is 1. The summed E-state index contributed by atoms with van der Waals surface area (Å²) in [5.74, 6) is 1.35. The van der Waals surface area contributed by atoms with Gasteiger partial charge in [0.1, 0.15) is 0 Å². The van der Waals surface area contributed by atoms with Crippen molar-refractivity contribution in [3.63, 3.8) is 0 Å². The summed E-state index contributed by atoms with van der Waals surface area (Å²) in [6.07, 6.45) is 2.22. The van der Waals surface area contributed by atoms with Crippen LogP contribution in [0.15, 0.2) is 34.2 Å². The van der Waals surface area contributed by atoms with Crippen LogP contribution in [0.2, 0.25) is 0 Å². The molecule has 3 N–H and O–H groups in total. The number of nitrogens with one attached hydrogen (secondary N) is 3. The Hall–Kier alpha value is -0.870. The lowest BCUT2D eigenvalue weighted by Gasteiger charge is -2.22. The lowest BCUT2D eigenvalue weighted by atomic mass is 10.1. The van der Waals surface area contributed by atoms with Crippen LogP contribution in [0.4, 0.5) is 0 Å². The van der Waals surface area contributed by atoms with Crippen LogP contribution in [-0.4, -0.2) is 33.5 Å². The Labute approximate surface area is 182 Å². The van der Waals surface area contributed by atoms with Gasteiger partial charge in [-0.1, -0.05) is 32.0 Å². The van der Waals surface area contributed by atoms with Crippen LogP contribution in [0.5, 0.6) is 0 Å². The molecule has 0 aliphatic carbocycles. The van der Waals surface area contributed by atoms with Gasteiger partial charge in [0.2, 0.25) is 10.0 Å². The van der Waals surface area contributed by atoms with Gasteiger partial charge >= 0.3 is 0 Å². The van der Waals surface area contributed by atoms with Crippen LogP contribution >= 0.6 is 24.0 Å². The van der Waals surface area contributed by atoms with Crippen molar-refractivity contribution in [1.82, 2.24) is 15.4 Å². The summed E-state index contributed by atoms with van der Waals surface area (Å²) in [7, 11) is -1.87. The van der Waals surface area contributed by atoms with E-state index in [2.05, 4.69) is 34.2 Å². The molecule has 1 aromatic rings. The van der Waals surface area contributed by atoms with Gasteiger partial charge < -0.3 is 10.6 Å². The first-order chi connectivity index (χ1) is 12.0. The van der Waals surface area contributed by atoms with E-state index < -0.39 is 15.6 Å². The molecule has 1 rings (SSSR count). The molecule has 156 valence electrons. The van der Waals surface area contributed by atoms with Gasteiger partial charge in [0.05, 0.1) is 4.90 Å². The molecule has 1 aromatic carbocycles. The molecule has 0 radical (unpaired) electrons. The van der Waals surface area contributed by atoms with Crippen LogP contribution < -0.4 is 15.4 Å². The van der Waals surface area contributed by atoms with Crippen LogP contribution in [-0.2, 0) is 16.6 Å². The number of benzene rings is 1. The van der Waals surface area contributed by atoms with E-state index >= 15 is 0 Å². The average molecular weight is 510 g/mol. The quantitative estimate of drug-likeness (QED) is 0.217. The van der Waals surface area contributed by atoms with Gasteiger partial charge in [-0.15, -0.1) is 24.0 Å². The normalized spacial score (nSPS) is 12.6. The van der Waals surface area contributed by atoms with Crippen LogP contribution in [0.1, 0.15) is 53.0 Å². The molecule has 8 heteroatoms. The molecule has 6 nitrogen and oxygen atoms in total. The summed E-state index contributed by atoms with van der Waals surface area (Å²) in [5, 5.41) is 6.46. The Morgan fingerprint density at radius 3 is 2.33 bits per heavy atom. The maximum absolute atomic E-state index is 12.7. The number of hydrogen-bond acceptors (Lipinski definition) is 3. The molecule has 0 heterocycles. The highest BCUT2D eigenvalue weighted by Gasteiger charge is 2.24. The van der Waals surface area contributed by atoms with Gasteiger partial charge in [-0.3, -0.25) is 4.99 Å². The number of sulfonamides is 1. The molecule has 0 saturated carbocycles. The molecule has 0 aliphatic rings. The first kappa shape index (κ1) is 26.1. The zero-order valence-electron chi connectivity index (χ0n) is 17.3. The van der Waals surface area contributed by atoms with Crippen LogP contribution in [0.3, 0.4) is 0 Å². The summed E-state index contributed by atoms with van der Waals surface area (Å²) < 4.78 is 28.1. The molecule has 0 spiro atoms. The van der Waals surface area contributed by atoms with E-state index in [1.807, 2.05) is 32.9 Å². The number of guanidine groups is 1. The first-order valence-corrected chi connectivity index (χ1v) is 10.6. The summed E-state index contributed by atoms with van der Waals surface area (Å²) in [4.78, 5) is 4.49. The van der Waals surface area contributed by atoms with E-state index in [1.54, 1.807) is 19.2 Å². The number of nitrogens with zero attached hydrogens (tertiary/aromatic N) is 1. The van der Waals surface area contributed by atoms with Crippen molar-refractivity contribution in [1.29, 1.82) is 0 Å². The van der Waals surface area contributed by atoms with Gasteiger partial charge in [-0.2, -0.15) is 0 Å². The summed E-state index contributed by atoms with van der Waals surface area (Å²) in [6.45, 7) is 11.1. The van der Waals surface area contributed by atoms with Gasteiger partial charge in [0, 0.05) is 25.7 Å². The standard InChI is InChI=1S/C19H34N4O2S.HI/c1-15(2)10-9-13-21-18(20-6)22-14-16-11-7-8-12-17(16)26(24,25)23-19(3,4)5;/h7-8,11-12,15,23H,9-10,13-14H2,1-6H3,(H2,20,21,22);1H. The zero-order valence-corrected chi connectivity index (χ0v) is 20.4. The highest BCUT2D eigenvalue weighted by Crippen LogP contribution is 2.17. The molecule has 0 bridgehead atoms. The lowest BCUT2D eigenvalue weighted by Crippen LogP contribution is -2.41. The summed E-state index contributed by atoms with van der Waals surface area (Å²) in [5.41, 5.74) is 0.169. The van der Waals surface area contributed by atoms with E-state index in [9.17, 15) is 8.42 Å². The first-order valence-electron chi connectivity index (χ1n) is 9.11. The van der Waals surface area contributed by atoms with Crippen molar-refractivity contribution < 1.29 is 8.42 Å². The Kier molecular flexibility index (Phi) is 11.5. The van der Waals surface area contributed by atoms with Crippen molar-refractivity contribution in [3.8, 4) is 0 Å². The van der Waals surface area contributed by atoms with Crippen molar-refractivity contribution in [3.05, 3.63) is 29.8 Å². The third kappa shape index (κ3) is 10.3. The Bertz CT molecular complexity index is 698. The fourth-order valence-electron chi connectivity index (χ4n) is 2.49. The maximum atomic E-state index is 12.7. The Balaban J connectivity index is 0.00000676. The third-order valence-electron chi connectivity index (χ3n) is 3.62. The van der Waals surface area contributed by atoms with Crippen LogP contribution in [0.25, 0.3) is 0 Å². The van der Waals surface area contributed by atoms with Crippen molar-refractivity contribution >= 4 is 40.0 Å². The largest absolute Gasteiger partial charge is 0.356 e. The van der Waals surface area contributed by atoms with Gasteiger partial charge in [-0.25, -0.2) is 13.1 Å². The SMILES string of the molecule is CN=C(NCCCC(C)C)NCc1ccccc1S(=O)(=O)NC(C)(C)C.I. The van der Waals surface area contributed by atoms with Gasteiger partial charge in [0.25, 0.3) is 0 Å². The smallest absolute Gasteiger partial charge is 0.241 e. The fourth-order valence-corrected chi connectivity index (χ4v) is 4.15. The average Bonchev–Trinajstić information content (AvgIpc) is 2.52. The molecule has 0 aliphatic heterocycles. The van der Waals surface area contributed by atoms with Crippen LogP contribution in [0, 0.1) is 5.92 Å². The molecule has 27 heavy (non-hydrogen) atoms. The molecular weight excluding hydrogens is 475 g/mol. The highest BCUT2D eigenvalue weighted by atomic mass is 127. The predicted molar refractivity (Wildman–Crippen MR) is 124 cm³/mol. The Morgan fingerprint density at radius 1 is 1.15 bits per heavy atom. The van der Waals surface area contributed by atoms with Crippen molar-refractivity contribution in [2.24, 2.45) is 10.9 Å². The monoisotopic (exact) mass is 510 g/mol. The zero-order chi connectivity index (χ0) is 19.8. The number of hydrogen-bond donors (Lipinski definition) is 3. The lowest BCUT2D eigenvalue weighted by molar-refractivity contribution is 0.491. The summed E-state index contributed by atoms with van der Waals surface area (Å²) >= 11 is 0. The van der Waals surface area contributed by atoms with E-state index in [0.29, 0.717) is 24.0 Å².